The van der Waals surface area contributed by atoms with E-state index in [1.165, 1.54) is 5.56 Å². The molecule has 1 saturated heterocycles. The summed E-state index contributed by atoms with van der Waals surface area (Å²) in [7, 11) is 0. The van der Waals surface area contributed by atoms with Crippen LogP contribution in [-0.4, -0.2) is 47.3 Å². The van der Waals surface area contributed by atoms with Crippen molar-refractivity contribution in [2.75, 3.05) is 19.6 Å². The Bertz CT molecular complexity index is 471. The normalized spacial score (nSPS) is 19.7. The number of carbonyl (C=O) groups is 1. The number of amides is 1. The van der Waals surface area contributed by atoms with Gasteiger partial charge in [0.05, 0.1) is 0 Å². The van der Waals surface area contributed by atoms with Crippen LogP contribution in [0.1, 0.15) is 39.2 Å². The van der Waals surface area contributed by atoms with Crippen molar-refractivity contribution in [3.8, 4) is 0 Å². The fourth-order valence-corrected chi connectivity index (χ4v) is 2.68. The standard InChI is InChI=1S/C17H27N3O2/c1-17(2,3)22-16(21)19-15-7-5-10-20(13-15)11-8-14-6-4-9-18-12-14/h4,6,9,12,15H,5,7-8,10-11,13H2,1-3H3,(H,19,21)/t15-/m1/s1. The van der Waals surface area contributed by atoms with Crippen LogP contribution in [0, 0.1) is 0 Å². The van der Waals surface area contributed by atoms with E-state index in [9.17, 15) is 4.79 Å². The fraction of sp³-hybridized carbons (Fsp3) is 0.647. The number of likely N-dealkylation sites (tertiary alicyclic amines) is 1. The third-order valence-electron chi connectivity index (χ3n) is 3.67. The number of rotatable bonds is 4. The molecular formula is C17H27N3O2. The van der Waals surface area contributed by atoms with Crippen LogP contribution in [0.5, 0.6) is 0 Å². The Morgan fingerprint density at radius 2 is 2.32 bits per heavy atom. The largest absolute Gasteiger partial charge is 0.444 e. The van der Waals surface area contributed by atoms with Gasteiger partial charge in [0.2, 0.25) is 0 Å². The monoisotopic (exact) mass is 305 g/mol. The second-order valence-electron chi connectivity index (χ2n) is 6.90. The predicted molar refractivity (Wildman–Crippen MR) is 86.8 cm³/mol. The number of carbonyl (C=O) groups excluding carboxylic acids is 1. The summed E-state index contributed by atoms with van der Waals surface area (Å²) in [6.45, 7) is 8.62. The minimum atomic E-state index is -0.446. The van der Waals surface area contributed by atoms with Crippen LogP contribution in [-0.2, 0) is 11.2 Å². The number of aromatic nitrogens is 1. The van der Waals surface area contributed by atoms with Gasteiger partial charge in [0.15, 0.2) is 0 Å². The number of nitrogens with zero attached hydrogens (tertiary/aromatic N) is 2. The molecular weight excluding hydrogens is 278 g/mol. The van der Waals surface area contributed by atoms with Crippen LogP contribution in [0.25, 0.3) is 0 Å². The van der Waals surface area contributed by atoms with Crippen LogP contribution < -0.4 is 5.32 Å². The SMILES string of the molecule is CC(C)(C)OC(=O)N[C@@H]1CCCN(CCc2cccnc2)C1. The molecule has 0 spiro atoms. The average molecular weight is 305 g/mol. The van der Waals surface area contributed by atoms with Gasteiger partial charge in [0.1, 0.15) is 5.60 Å². The molecule has 1 N–H and O–H groups in total. The minimum Gasteiger partial charge on any atom is -0.444 e. The van der Waals surface area contributed by atoms with E-state index >= 15 is 0 Å². The summed E-state index contributed by atoms with van der Waals surface area (Å²) in [4.78, 5) is 18.4. The van der Waals surface area contributed by atoms with Gasteiger partial charge in [-0.15, -0.1) is 0 Å². The summed E-state index contributed by atoms with van der Waals surface area (Å²) in [6.07, 6.45) is 6.51. The van der Waals surface area contributed by atoms with Crippen molar-refractivity contribution in [2.24, 2.45) is 0 Å². The number of ether oxygens (including phenoxy) is 1. The Morgan fingerprint density at radius 1 is 1.50 bits per heavy atom. The third-order valence-corrected chi connectivity index (χ3v) is 3.67. The van der Waals surface area contributed by atoms with E-state index in [0.717, 1.165) is 38.9 Å². The van der Waals surface area contributed by atoms with E-state index in [1.54, 1.807) is 6.20 Å². The summed E-state index contributed by atoms with van der Waals surface area (Å²) < 4.78 is 5.33. The molecule has 1 aromatic rings. The number of piperidine rings is 1. The van der Waals surface area contributed by atoms with Gasteiger partial charge in [0, 0.05) is 31.5 Å². The first kappa shape index (κ1) is 16.7. The smallest absolute Gasteiger partial charge is 0.407 e. The first-order chi connectivity index (χ1) is 10.4. The Hall–Kier alpha value is -1.62. The van der Waals surface area contributed by atoms with E-state index in [0.29, 0.717) is 0 Å². The predicted octanol–water partition coefficient (Wildman–Crippen LogP) is 2.61. The highest BCUT2D eigenvalue weighted by molar-refractivity contribution is 5.68. The summed E-state index contributed by atoms with van der Waals surface area (Å²) in [5.41, 5.74) is 0.809. The van der Waals surface area contributed by atoms with Crippen molar-refractivity contribution in [1.82, 2.24) is 15.2 Å². The average Bonchev–Trinajstić information content (AvgIpc) is 2.44. The third kappa shape index (κ3) is 6.02. The molecule has 1 atom stereocenters. The van der Waals surface area contributed by atoms with E-state index in [4.69, 9.17) is 4.74 Å². The fourth-order valence-electron chi connectivity index (χ4n) is 2.68. The molecule has 1 aliphatic rings. The number of pyridine rings is 1. The summed E-state index contributed by atoms with van der Waals surface area (Å²) in [6, 6.07) is 4.25. The van der Waals surface area contributed by atoms with Gasteiger partial charge in [-0.25, -0.2) is 4.79 Å². The van der Waals surface area contributed by atoms with Gasteiger partial charge >= 0.3 is 6.09 Å². The maximum atomic E-state index is 11.9. The van der Waals surface area contributed by atoms with Crippen molar-refractivity contribution in [1.29, 1.82) is 0 Å². The first-order valence-electron chi connectivity index (χ1n) is 8.03. The highest BCUT2D eigenvalue weighted by atomic mass is 16.6. The van der Waals surface area contributed by atoms with Crippen molar-refractivity contribution in [3.05, 3.63) is 30.1 Å². The molecule has 1 amide bonds. The maximum absolute atomic E-state index is 11.9. The van der Waals surface area contributed by atoms with Crippen LogP contribution in [0.4, 0.5) is 4.79 Å². The van der Waals surface area contributed by atoms with Crippen molar-refractivity contribution >= 4 is 6.09 Å². The molecule has 1 aromatic heterocycles. The zero-order valence-electron chi connectivity index (χ0n) is 13.8. The highest BCUT2D eigenvalue weighted by Crippen LogP contribution is 2.13. The van der Waals surface area contributed by atoms with Crippen molar-refractivity contribution in [2.45, 2.75) is 51.7 Å². The lowest BCUT2D eigenvalue weighted by molar-refractivity contribution is 0.0472. The van der Waals surface area contributed by atoms with Crippen LogP contribution in [0.15, 0.2) is 24.5 Å². The lowest BCUT2D eigenvalue weighted by Crippen LogP contribution is -2.49. The highest BCUT2D eigenvalue weighted by Gasteiger charge is 2.23. The Balaban J connectivity index is 1.75. The second kappa shape index (κ2) is 7.58. The minimum absolute atomic E-state index is 0.178. The molecule has 0 bridgehead atoms. The van der Waals surface area contributed by atoms with Gasteiger partial charge in [-0.3, -0.25) is 4.98 Å². The van der Waals surface area contributed by atoms with Gasteiger partial charge in [-0.05, 0) is 58.2 Å². The topological polar surface area (TPSA) is 54.5 Å². The number of alkyl carbamates (subject to hydrolysis) is 1. The molecule has 122 valence electrons. The van der Waals surface area contributed by atoms with Crippen LogP contribution in [0.3, 0.4) is 0 Å². The molecule has 0 unspecified atom stereocenters. The lowest BCUT2D eigenvalue weighted by atomic mass is 10.1. The van der Waals surface area contributed by atoms with E-state index in [-0.39, 0.29) is 12.1 Å². The molecule has 5 nitrogen and oxygen atoms in total. The quantitative estimate of drug-likeness (QED) is 0.929. The van der Waals surface area contributed by atoms with E-state index in [1.807, 2.05) is 33.0 Å². The molecule has 2 rings (SSSR count). The molecule has 0 aliphatic carbocycles. The second-order valence-corrected chi connectivity index (χ2v) is 6.90. The Morgan fingerprint density at radius 3 is 3.00 bits per heavy atom. The number of hydrogen-bond donors (Lipinski definition) is 1. The summed E-state index contributed by atoms with van der Waals surface area (Å²) in [5, 5.41) is 2.99. The van der Waals surface area contributed by atoms with Crippen LogP contribution >= 0.6 is 0 Å². The zero-order valence-corrected chi connectivity index (χ0v) is 13.8. The maximum Gasteiger partial charge on any atom is 0.407 e. The van der Waals surface area contributed by atoms with E-state index < -0.39 is 5.60 Å². The lowest BCUT2D eigenvalue weighted by Gasteiger charge is -2.33. The summed E-state index contributed by atoms with van der Waals surface area (Å²) in [5.74, 6) is 0. The Kier molecular flexibility index (Phi) is 5.77. The molecule has 5 heteroatoms. The van der Waals surface area contributed by atoms with Crippen molar-refractivity contribution in [3.63, 3.8) is 0 Å². The van der Waals surface area contributed by atoms with Gasteiger partial charge in [0.25, 0.3) is 0 Å². The molecule has 0 radical (unpaired) electrons. The molecule has 0 aromatic carbocycles. The van der Waals surface area contributed by atoms with Gasteiger partial charge in [-0.1, -0.05) is 6.07 Å². The zero-order chi connectivity index (χ0) is 16.0. The molecule has 1 aliphatic heterocycles. The molecule has 22 heavy (non-hydrogen) atoms. The molecule has 1 fully saturated rings. The first-order valence-corrected chi connectivity index (χ1v) is 8.03. The van der Waals surface area contributed by atoms with Crippen LogP contribution in [0.2, 0.25) is 0 Å². The number of nitrogens with one attached hydrogen (secondary N) is 1. The summed E-state index contributed by atoms with van der Waals surface area (Å²) >= 11 is 0. The Labute approximate surface area is 133 Å². The molecule has 0 saturated carbocycles. The van der Waals surface area contributed by atoms with Crippen molar-refractivity contribution < 1.29 is 9.53 Å². The van der Waals surface area contributed by atoms with Gasteiger partial charge in [-0.2, -0.15) is 0 Å². The molecule has 2 heterocycles. The van der Waals surface area contributed by atoms with Gasteiger partial charge < -0.3 is 15.0 Å². The van der Waals surface area contributed by atoms with E-state index in [2.05, 4.69) is 21.3 Å². The number of hydrogen-bond acceptors (Lipinski definition) is 4.